The Morgan fingerprint density at radius 2 is 2.06 bits per heavy atom. The molecule has 4 heteroatoms. The first kappa shape index (κ1) is 10.4. The summed E-state index contributed by atoms with van der Waals surface area (Å²) in [7, 11) is 0. The SMILES string of the molecule is Cc1nn(Cc2ccccc2)cc1C(=N)N. The molecule has 0 bridgehead atoms. The van der Waals surface area contributed by atoms with E-state index in [4.69, 9.17) is 11.1 Å². The van der Waals surface area contributed by atoms with Gasteiger partial charge < -0.3 is 5.73 Å². The number of hydrogen-bond donors (Lipinski definition) is 2. The largest absolute Gasteiger partial charge is 0.384 e. The van der Waals surface area contributed by atoms with E-state index >= 15 is 0 Å². The summed E-state index contributed by atoms with van der Waals surface area (Å²) >= 11 is 0. The molecule has 82 valence electrons. The maximum atomic E-state index is 7.39. The van der Waals surface area contributed by atoms with E-state index in [1.54, 1.807) is 4.68 Å². The number of nitrogen functional groups attached to an aromatic ring is 1. The number of nitrogens with one attached hydrogen (secondary N) is 1. The van der Waals surface area contributed by atoms with Crippen LogP contribution < -0.4 is 5.73 Å². The van der Waals surface area contributed by atoms with Gasteiger partial charge in [-0.15, -0.1) is 0 Å². The van der Waals surface area contributed by atoms with Crippen molar-refractivity contribution in [2.75, 3.05) is 0 Å². The van der Waals surface area contributed by atoms with Gasteiger partial charge >= 0.3 is 0 Å². The maximum Gasteiger partial charge on any atom is 0.126 e. The van der Waals surface area contributed by atoms with Crippen molar-refractivity contribution in [3.05, 3.63) is 53.3 Å². The average molecular weight is 214 g/mol. The normalized spacial score (nSPS) is 10.3. The van der Waals surface area contributed by atoms with E-state index < -0.39 is 0 Å². The predicted octanol–water partition coefficient (Wildman–Crippen LogP) is 1.52. The number of hydrogen-bond acceptors (Lipinski definition) is 2. The third kappa shape index (κ3) is 2.11. The van der Waals surface area contributed by atoms with Crippen LogP contribution in [0.1, 0.15) is 16.8 Å². The second-order valence-electron chi connectivity index (χ2n) is 3.73. The topological polar surface area (TPSA) is 67.7 Å². The molecule has 3 N–H and O–H groups in total. The van der Waals surface area contributed by atoms with Crippen molar-refractivity contribution in [2.24, 2.45) is 5.73 Å². The monoisotopic (exact) mass is 214 g/mol. The van der Waals surface area contributed by atoms with Gasteiger partial charge in [-0.05, 0) is 12.5 Å². The van der Waals surface area contributed by atoms with E-state index in [2.05, 4.69) is 5.10 Å². The van der Waals surface area contributed by atoms with Gasteiger partial charge in [-0.1, -0.05) is 30.3 Å². The Kier molecular flexibility index (Phi) is 2.72. The van der Waals surface area contributed by atoms with E-state index in [0.29, 0.717) is 12.1 Å². The van der Waals surface area contributed by atoms with Crippen LogP contribution in [0.2, 0.25) is 0 Å². The summed E-state index contributed by atoms with van der Waals surface area (Å²) in [6, 6.07) is 10.1. The molecule has 1 aromatic heterocycles. The molecule has 0 unspecified atom stereocenters. The Morgan fingerprint density at radius 1 is 1.38 bits per heavy atom. The van der Waals surface area contributed by atoms with Crippen molar-refractivity contribution in [3.63, 3.8) is 0 Å². The van der Waals surface area contributed by atoms with E-state index in [1.165, 1.54) is 5.56 Å². The van der Waals surface area contributed by atoms with Crippen LogP contribution in [0, 0.1) is 12.3 Å². The fraction of sp³-hybridized carbons (Fsp3) is 0.167. The van der Waals surface area contributed by atoms with Crippen LogP contribution in [0.5, 0.6) is 0 Å². The first-order chi connectivity index (χ1) is 7.66. The first-order valence-electron chi connectivity index (χ1n) is 5.09. The molecule has 0 aliphatic heterocycles. The van der Waals surface area contributed by atoms with Crippen molar-refractivity contribution >= 4 is 5.84 Å². The van der Waals surface area contributed by atoms with Crippen molar-refractivity contribution in [2.45, 2.75) is 13.5 Å². The number of aromatic nitrogens is 2. The number of rotatable bonds is 3. The molecule has 2 rings (SSSR count). The molecule has 0 atom stereocenters. The smallest absolute Gasteiger partial charge is 0.126 e. The van der Waals surface area contributed by atoms with Gasteiger partial charge in [-0.25, -0.2) is 0 Å². The molecule has 0 fully saturated rings. The zero-order valence-electron chi connectivity index (χ0n) is 9.14. The lowest BCUT2D eigenvalue weighted by molar-refractivity contribution is 0.679. The van der Waals surface area contributed by atoms with E-state index in [9.17, 15) is 0 Å². The fourth-order valence-electron chi connectivity index (χ4n) is 1.63. The zero-order chi connectivity index (χ0) is 11.5. The van der Waals surface area contributed by atoms with Gasteiger partial charge in [0.15, 0.2) is 0 Å². The molecule has 0 saturated carbocycles. The summed E-state index contributed by atoms with van der Waals surface area (Å²) < 4.78 is 1.81. The van der Waals surface area contributed by atoms with Gasteiger partial charge in [0, 0.05) is 6.20 Å². The van der Waals surface area contributed by atoms with Gasteiger partial charge in [-0.3, -0.25) is 10.1 Å². The summed E-state index contributed by atoms with van der Waals surface area (Å²) in [6.45, 7) is 2.56. The molecule has 4 nitrogen and oxygen atoms in total. The zero-order valence-corrected chi connectivity index (χ0v) is 9.14. The molecular weight excluding hydrogens is 200 g/mol. The molecule has 0 radical (unpaired) electrons. The summed E-state index contributed by atoms with van der Waals surface area (Å²) in [4.78, 5) is 0. The minimum Gasteiger partial charge on any atom is -0.384 e. The second-order valence-corrected chi connectivity index (χ2v) is 3.73. The summed E-state index contributed by atoms with van der Waals surface area (Å²) in [5.74, 6) is 0.0665. The van der Waals surface area contributed by atoms with Gasteiger partial charge in [0.25, 0.3) is 0 Å². The molecule has 1 heterocycles. The van der Waals surface area contributed by atoms with Gasteiger partial charge in [0.05, 0.1) is 17.8 Å². The highest BCUT2D eigenvalue weighted by molar-refractivity contribution is 5.95. The summed E-state index contributed by atoms with van der Waals surface area (Å²) in [5, 5.41) is 11.7. The van der Waals surface area contributed by atoms with Gasteiger partial charge in [0.2, 0.25) is 0 Å². The maximum absolute atomic E-state index is 7.39. The van der Waals surface area contributed by atoms with Gasteiger partial charge in [-0.2, -0.15) is 5.10 Å². The highest BCUT2D eigenvalue weighted by atomic mass is 15.3. The van der Waals surface area contributed by atoms with Crippen LogP contribution in [0.3, 0.4) is 0 Å². The molecule has 2 aromatic rings. The molecule has 0 aliphatic carbocycles. The lowest BCUT2D eigenvalue weighted by atomic mass is 10.2. The number of amidine groups is 1. The minimum atomic E-state index is 0.0665. The van der Waals surface area contributed by atoms with Crippen molar-refractivity contribution in [1.82, 2.24) is 9.78 Å². The average Bonchev–Trinajstić information content (AvgIpc) is 2.61. The predicted molar refractivity (Wildman–Crippen MR) is 63.5 cm³/mol. The molecule has 0 saturated heterocycles. The summed E-state index contributed by atoms with van der Waals surface area (Å²) in [5.41, 5.74) is 8.13. The Labute approximate surface area is 94.2 Å². The third-order valence-electron chi connectivity index (χ3n) is 2.42. The molecule has 1 aromatic carbocycles. The Balaban J connectivity index is 2.23. The molecule has 0 spiro atoms. The highest BCUT2D eigenvalue weighted by Gasteiger charge is 2.07. The van der Waals surface area contributed by atoms with Crippen LogP contribution in [0.15, 0.2) is 36.5 Å². The standard InChI is InChI=1S/C12H14N4/c1-9-11(12(13)14)8-16(15-9)7-10-5-3-2-4-6-10/h2-6,8H,7H2,1H3,(H3,13,14). The number of nitrogens with two attached hydrogens (primary N) is 1. The lowest BCUT2D eigenvalue weighted by Gasteiger charge is -2.00. The first-order valence-corrected chi connectivity index (χ1v) is 5.09. The third-order valence-corrected chi connectivity index (χ3v) is 2.42. The quantitative estimate of drug-likeness (QED) is 0.601. The Bertz CT molecular complexity index is 499. The van der Waals surface area contributed by atoms with Crippen molar-refractivity contribution in [1.29, 1.82) is 5.41 Å². The van der Waals surface area contributed by atoms with Crippen molar-refractivity contribution < 1.29 is 0 Å². The molecular formula is C12H14N4. The van der Waals surface area contributed by atoms with Crippen molar-refractivity contribution in [3.8, 4) is 0 Å². The van der Waals surface area contributed by atoms with Gasteiger partial charge in [0.1, 0.15) is 5.84 Å². The minimum absolute atomic E-state index is 0.0665. The number of benzene rings is 1. The second kappa shape index (κ2) is 4.18. The van der Waals surface area contributed by atoms with Crippen LogP contribution >= 0.6 is 0 Å². The fourth-order valence-corrected chi connectivity index (χ4v) is 1.63. The van der Waals surface area contributed by atoms with Crippen LogP contribution in [-0.4, -0.2) is 15.6 Å². The molecule has 16 heavy (non-hydrogen) atoms. The van der Waals surface area contributed by atoms with Crippen LogP contribution in [0.4, 0.5) is 0 Å². The van der Waals surface area contributed by atoms with E-state index in [-0.39, 0.29) is 5.84 Å². The lowest BCUT2D eigenvalue weighted by Crippen LogP contribution is -2.11. The Morgan fingerprint density at radius 3 is 2.62 bits per heavy atom. The Hall–Kier alpha value is -2.10. The van der Waals surface area contributed by atoms with Crippen LogP contribution in [0.25, 0.3) is 0 Å². The number of nitrogens with zero attached hydrogens (tertiary/aromatic N) is 2. The summed E-state index contributed by atoms with van der Waals surface area (Å²) in [6.07, 6.45) is 1.81. The molecule has 0 aliphatic rings. The number of aryl methyl sites for hydroxylation is 1. The van der Waals surface area contributed by atoms with Crippen LogP contribution in [-0.2, 0) is 6.54 Å². The molecule has 0 amide bonds. The highest BCUT2D eigenvalue weighted by Crippen LogP contribution is 2.07. The van der Waals surface area contributed by atoms with E-state index in [0.717, 1.165) is 5.69 Å². The van der Waals surface area contributed by atoms with E-state index in [1.807, 2.05) is 43.5 Å².